The second kappa shape index (κ2) is 6.25. The number of hydrogen-bond donors (Lipinski definition) is 1. The number of aryl methyl sites for hydroxylation is 1. The van der Waals surface area contributed by atoms with Crippen LogP contribution < -0.4 is 10.2 Å². The summed E-state index contributed by atoms with van der Waals surface area (Å²) < 4.78 is 11.8. The quantitative estimate of drug-likeness (QED) is 0.902. The van der Waals surface area contributed by atoms with Crippen LogP contribution in [0.15, 0.2) is 10.7 Å². The first-order valence-electron chi connectivity index (χ1n) is 8.80. The zero-order valence-corrected chi connectivity index (χ0v) is 14.6. The van der Waals surface area contributed by atoms with E-state index in [0.717, 1.165) is 50.1 Å². The maximum absolute atomic E-state index is 11.1. The number of piperidine rings is 1. The highest BCUT2D eigenvalue weighted by molar-refractivity contribution is 5.81. The molecule has 0 radical (unpaired) electrons. The Kier molecular flexibility index (Phi) is 4.07. The molecule has 1 atom stereocenters. The molecule has 0 aliphatic carbocycles. The summed E-state index contributed by atoms with van der Waals surface area (Å²) in [6.45, 7) is 5.69. The van der Waals surface area contributed by atoms with Gasteiger partial charge in [-0.3, -0.25) is 4.79 Å². The molecule has 1 spiro atoms. The number of fused-ring (bicyclic) bond motifs is 1. The molecule has 25 heavy (non-hydrogen) atoms. The van der Waals surface area contributed by atoms with Crippen LogP contribution >= 0.6 is 0 Å². The van der Waals surface area contributed by atoms with E-state index in [-0.39, 0.29) is 17.6 Å². The van der Waals surface area contributed by atoms with Crippen molar-refractivity contribution in [1.82, 2.24) is 20.3 Å². The highest BCUT2D eigenvalue weighted by atomic mass is 16.5. The number of hydrogen-bond acceptors (Lipinski definition) is 7. The summed E-state index contributed by atoms with van der Waals surface area (Å²) >= 11 is 0. The van der Waals surface area contributed by atoms with E-state index in [1.165, 1.54) is 13.3 Å². The predicted octanol–water partition coefficient (Wildman–Crippen LogP) is 1.58. The Morgan fingerprint density at radius 1 is 1.36 bits per heavy atom. The molecule has 2 fully saturated rings. The fraction of sp³-hybridized carbons (Fsp3) is 0.647. The Morgan fingerprint density at radius 2 is 2.16 bits per heavy atom. The van der Waals surface area contributed by atoms with Gasteiger partial charge in [-0.05, 0) is 25.7 Å². The van der Waals surface area contributed by atoms with Crippen LogP contribution in [0.25, 0.3) is 11.2 Å². The Hall–Kier alpha value is -2.22. The molecule has 2 saturated heterocycles. The molecule has 8 nitrogen and oxygen atoms in total. The van der Waals surface area contributed by atoms with E-state index in [1.807, 2.05) is 6.92 Å². The van der Waals surface area contributed by atoms with Crippen molar-refractivity contribution in [3.63, 3.8) is 0 Å². The van der Waals surface area contributed by atoms with Gasteiger partial charge in [-0.2, -0.15) is 4.98 Å². The second-order valence-electron chi connectivity index (χ2n) is 6.97. The predicted molar refractivity (Wildman–Crippen MR) is 91.3 cm³/mol. The number of amides is 1. The summed E-state index contributed by atoms with van der Waals surface area (Å²) in [5, 5.41) is 2.86. The maximum Gasteiger partial charge on any atom is 0.252 e. The van der Waals surface area contributed by atoms with Crippen molar-refractivity contribution in [1.29, 1.82) is 0 Å². The fourth-order valence-electron chi connectivity index (χ4n) is 3.87. The molecular weight excluding hydrogens is 322 g/mol. The van der Waals surface area contributed by atoms with Crippen LogP contribution in [0.3, 0.4) is 0 Å². The number of oxazole rings is 1. The van der Waals surface area contributed by atoms with E-state index in [4.69, 9.17) is 9.15 Å². The van der Waals surface area contributed by atoms with E-state index < -0.39 is 0 Å². The number of nitrogens with zero attached hydrogens (tertiary/aromatic N) is 4. The van der Waals surface area contributed by atoms with E-state index in [1.54, 1.807) is 0 Å². The van der Waals surface area contributed by atoms with Gasteiger partial charge in [0.1, 0.15) is 6.33 Å². The molecule has 1 N–H and O–H groups in total. The van der Waals surface area contributed by atoms with Gasteiger partial charge in [-0.25, -0.2) is 9.97 Å². The number of nitrogens with one attached hydrogen (secondary N) is 1. The Balaban J connectivity index is 1.42. The van der Waals surface area contributed by atoms with Gasteiger partial charge in [-0.1, -0.05) is 0 Å². The van der Waals surface area contributed by atoms with E-state index >= 15 is 0 Å². The first-order chi connectivity index (χ1) is 12.0. The molecular formula is C17H23N5O3. The first kappa shape index (κ1) is 16.3. The lowest BCUT2D eigenvalue weighted by molar-refractivity contribution is -0.120. The highest BCUT2D eigenvalue weighted by Gasteiger charge is 2.42. The number of carbonyl (C=O) groups is 1. The molecule has 2 aromatic heterocycles. The van der Waals surface area contributed by atoms with Crippen LogP contribution in [0, 0.1) is 6.92 Å². The van der Waals surface area contributed by atoms with Crippen molar-refractivity contribution >= 4 is 23.0 Å². The molecule has 4 rings (SSSR count). The summed E-state index contributed by atoms with van der Waals surface area (Å²) in [4.78, 5) is 26.3. The van der Waals surface area contributed by atoms with Crippen molar-refractivity contribution in [2.75, 3.05) is 24.5 Å². The molecule has 8 heteroatoms. The molecule has 134 valence electrons. The minimum absolute atomic E-state index is 0.00458. The van der Waals surface area contributed by atoms with Crippen LogP contribution in [0.5, 0.6) is 0 Å². The SMILES string of the molecule is CC(=O)NCC1CCC2(CCN(c3ncnc4oc(C)nc34)CC2)O1. The van der Waals surface area contributed by atoms with Crippen LogP contribution in [0.1, 0.15) is 38.5 Å². The summed E-state index contributed by atoms with van der Waals surface area (Å²) in [6.07, 6.45) is 5.60. The molecule has 2 aliphatic rings. The van der Waals surface area contributed by atoms with Gasteiger partial charge in [0.25, 0.3) is 5.71 Å². The van der Waals surface area contributed by atoms with Crippen LogP contribution in [-0.2, 0) is 9.53 Å². The van der Waals surface area contributed by atoms with Crippen molar-refractivity contribution in [2.45, 2.75) is 51.2 Å². The minimum atomic E-state index is -0.0640. The third kappa shape index (κ3) is 3.18. The van der Waals surface area contributed by atoms with Gasteiger partial charge < -0.3 is 19.4 Å². The molecule has 2 aliphatic heterocycles. The van der Waals surface area contributed by atoms with Crippen molar-refractivity contribution < 1.29 is 13.9 Å². The smallest absolute Gasteiger partial charge is 0.252 e. The van der Waals surface area contributed by atoms with Gasteiger partial charge in [0.2, 0.25) is 5.91 Å². The number of carbonyl (C=O) groups excluding carboxylic acids is 1. The topological polar surface area (TPSA) is 93.4 Å². The number of anilines is 1. The van der Waals surface area contributed by atoms with Crippen molar-refractivity contribution in [3.05, 3.63) is 12.2 Å². The monoisotopic (exact) mass is 345 g/mol. The summed E-state index contributed by atoms with van der Waals surface area (Å²) in [6, 6.07) is 0. The minimum Gasteiger partial charge on any atom is -0.422 e. The van der Waals surface area contributed by atoms with E-state index in [2.05, 4.69) is 25.2 Å². The standard InChI is InChI=1S/C17H23N5O3/c1-11(23)18-9-13-3-4-17(25-13)5-7-22(8-6-17)15-14-16(20-10-19-15)24-12(2)21-14/h10,13H,3-9H2,1-2H3,(H,18,23). The van der Waals surface area contributed by atoms with Gasteiger partial charge >= 0.3 is 0 Å². The number of rotatable bonds is 3. The Labute approximate surface area is 146 Å². The normalized spacial score (nSPS) is 22.6. The fourth-order valence-corrected chi connectivity index (χ4v) is 3.87. The molecule has 0 aromatic carbocycles. The lowest BCUT2D eigenvalue weighted by Gasteiger charge is -2.39. The average molecular weight is 345 g/mol. The Morgan fingerprint density at radius 3 is 2.92 bits per heavy atom. The molecule has 1 unspecified atom stereocenters. The average Bonchev–Trinajstić information content (AvgIpc) is 3.16. The number of ether oxygens (including phenoxy) is 1. The van der Waals surface area contributed by atoms with Gasteiger partial charge in [0.15, 0.2) is 17.2 Å². The molecule has 2 aromatic rings. The molecule has 0 saturated carbocycles. The van der Waals surface area contributed by atoms with Gasteiger partial charge in [0, 0.05) is 33.5 Å². The lowest BCUT2D eigenvalue weighted by Crippen LogP contribution is -2.45. The second-order valence-corrected chi connectivity index (χ2v) is 6.97. The molecule has 4 heterocycles. The van der Waals surface area contributed by atoms with Crippen molar-refractivity contribution in [2.24, 2.45) is 0 Å². The van der Waals surface area contributed by atoms with Gasteiger partial charge in [0.05, 0.1) is 11.7 Å². The molecule has 0 bridgehead atoms. The Bertz CT molecular complexity index is 782. The lowest BCUT2D eigenvalue weighted by atomic mass is 9.88. The van der Waals surface area contributed by atoms with Gasteiger partial charge in [-0.15, -0.1) is 0 Å². The summed E-state index contributed by atoms with van der Waals surface area (Å²) in [5.41, 5.74) is 1.20. The molecule has 1 amide bonds. The van der Waals surface area contributed by atoms with Crippen LogP contribution in [-0.4, -0.2) is 52.2 Å². The largest absolute Gasteiger partial charge is 0.422 e. The highest BCUT2D eigenvalue weighted by Crippen LogP contribution is 2.40. The number of aromatic nitrogens is 3. The summed E-state index contributed by atoms with van der Waals surface area (Å²) in [5.74, 6) is 1.43. The first-order valence-corrected chi connectivity index (χ1v) is 8.80. The third-order valence-corrected chi connectivity index (χ3v) is 5.17. The van der Waals surface area contributed by atoms with E-state index in [0.29, 0.717) is 18.1 Å². The van der Waals surface area contributed by atoms with Crippen LogP contribution in [0.2, 0.25) is 0 Å². The van der Waals surface area contributed by atoms with Crippen LogP contribution in [0.4, 0.5) is 5.82 Å². The van der Waals surface area contributed by atoms with Crippen molar-refractivity contribution in [3.8, 4) is 0 Å². The maximum atomic E-state index is 11.1. The zero-order valence-electron chi connectivity index (χ0n) is 14.6. The third-order valence-electron chi connectivity index (χ3n) is 5.17. The zero-order chi connectivity index (χ0) is 17.4. The van der Waals surface area contributed by atoms with E-state index in [9.17, 15) is 4.79 Å². The summed E-state index contributed by atoms with van der Waals surface area (Å²) in [7, 11) is 0.